The number of hydrogen-bond donors (Lipinski definition) is 4. The third kappa shape index (κ3) is 3.20. The van der Waals surface area contributed by atoms with Crippen LogP contribution in [0.4, 0.5) is 11.5 Å². The minimum absolute atomic E-state index is 0.00960. The normalized spacial score (nSPS) is 15.9. The molecule has 30 heavy (non-hydrogen) atoms. The summed E-state index contributed by atoms with van der Waals surface area (Å²) < 4.78 is 0. The molecule has 4 rings (SSSR count). The molecule has 1 aromatic carbocycles. The molecule has 0 spiro atoms. The molecule has 2 aromatic heterocycles. The summed E-state index contributed by atoms with van der Waals surface area (Å²) in [5.74, 6) is -1.44. The van der Waals surface area contributed by atoms with Gasteiger partial charge in [-0.1, -0.05) is 36.4 Å². The summed E-state index contributed by atoms with van der Waals surface area (Å²) >= 11 is 0. The molecule has 3 aromatic rings. The Morgan fingerprint density at radius 1 is 1.10 bits per heavy atom. The van der Waals surface area contributed by atoms with Gasteiger partial charge in [0.2, 0.25) is 5.91 Å². The quantitative estimate of drug-likeness (QED) is 0.486. The number of aromatic carboxylic acids is 1. The van der Waals surface area contributed by atoms with Gasteiger partial charge in [0.25, 0.3) is 0 Å². The van der Waals surface area contributed by atoms with Crippen LogP contribution < -0.4 is 21.7 Å². The van der Waals surface area contributed by atoms with E-state index in [1.807, 2.05) is 30.3 Å². The summed E-state index contributed by atoms with van der Waals surface area (Å²) in [7, 11) is 0. The van der Waals surface area contributed by atoms with Crippen molar-refractivity contribution in [2.75, 3.05) is 10.2 Å². The van der Waals surface area contributed by atoms with Gasteiger partial charge in [0, 0.05) is 24.5 Å². The summed E-state index contributed by atoms with van der Waals surface area (Å²) in [5, 5.41) is 13.0. The van der Waals surface area contributed by atoms with Gasteiger partial charge in [0.15, 0.2) is 5.82 Å². The van der Waals surface area contributed by atoms with E-state index >= 15 is 0 Å². The van der Waals surface area contributed by atoms with Crippen LogP contribution >= 0.6 is 0 Å². The SMILES string of the molecule is NCc1ncccc1C(C(N)=O)N1c2c(C(=O)O)ccnc2NC1c1ccccc1. The molecule has 1 amide bonds. The lowest BCUT2D eigenvalue weighted by molar-refractivity contribution is -0.119. The number of fused-ring (bicyclic) bond motifs is 1. The Hall–Kier alpha value is -3.98. The molecule has 0 bridgehead atoms. The molecule has 0 radical (unpaired) electrons. The van der Waals surface area contributed by atoms with Gasteiger partial charge in [-0.2, -0.15) is 0 Å². The van der Waals surface area contributed by atoms with E-state index in [9.17, 15) is 14.7 Å². The van der Waals surface area contributed by atoms with Crippen LogP contribution in [0.15, 0.2) is 60.9 Å². The van der Waals surface area contributed by atoms with Crippen LogP contribution in [0.2, 0.25) is 0 Å². The molecule has 0 aliphatic carbocycles. The highest BCUT2D eigenvalue weighted by atomic mass is 16.4. The number of nitrogens with one attached hydrogen (secondary N) is 1. The lowest BCUT2D eigenvalue weighted by atomic mass is 9.99. The third-order valence-electron chi connectivity index (χ3n) is 5.04. The molecule has 0 saturated carbocycles. The van der Waals surface area contributed by atoms with Crippen molar-refractivity contribution in [1.29, 1.82) is 0 Å². The predicted octanol–water partition coefficient (Wildman–Crippen LogP) is 1.79. The Morgan fingerprint density at radius 2 is 1.87 bits per heavy atom. The van der Waals surface area contributed by atoms with Gasteiger partial charge >= 0.3 is 5.97 Å². The molecule has 0 saturated heterocycles. The number of anilines is 2. The monoisotopic (exact) mass is 404 g/mol. The molecule has 2 atom stereocenters. The largest absolute Gasteiger partial charge is 0.478 e. The van der Waals surface area contributed by atoms with E-state index in [0.29, 0.717) is 17.1 Å². The third-order valence-corrected chi connectivity index (χ3v) is 5.04. The first kappa shape index (κ1) is 19.3. The van der Waals surface area contributed by atoms with Crippen molar-refractivity contribution in [2.45, 2.75) is 18.8 Å². The fraction of sp³-hybridized carbons (Fsp3) is 0.143. The minimum atomic E-state index is -1.14. The van der Waals surface area contributed by atoms with Crippen molar-refractivity contribution in [3.8, 4) is 0 Å². The summed E-state index contributed by atoms with van der Waals surface area (Å²) in [4.78, 5) is 34.9. The summed E-state index contributed by atoms with van der Waals surface area (Å²) in [6.45, 7) is 0.100. The Morgan fingerprint density at radius 3 is 2.53 bits per heavy atom. The number of nitrogens with zero attached hydrogens (tertiary/aromatic N) is 3. The standard InChI is InChI=1S/C21H20N6O3/c22-11-15-13(7-4-9-24-15)16(18(23)28)27-17-14(21(29)30)8-10-25-19(17)26-20(27)12-5-2-1-3-6-12/h1-10,16,20H,11,22H2,(H2,23,28)(H,25,26)(H,29,30). The molecule has 1 aliphatic heterocycles. The van der Waals surface area contributed by atoms with Crippen LogP contribution in [0.5, 0.6) is 0 Å². The van der Waals surface area contributed by atoms with E-state index in [-0.39, 0.29) is 17.8 Å². The highest BCUT2D eigenvalue weighted by Gasteiger charge is 2.42. The van der Waals surface area contributed by atoms with Gasteiger partial charge in [-0.25, -0.2) is 9.78 Å². The molecule has 3 heterocycles. The van der Waals surface area contributed by atoms with Crippen LogP contribution in [-0.4, -0.2) is 27.0 Å². The Bertz CT molecular complexity index is 1100. The van der Waals surface area contributed by atoms with E-state index < -0.39 is 24.1 Å². The number of rotatable bonds is 6. The summed E-state index contributed by atoms with van der Waals surface area (Å²) in [6.07, 6.45) is 2.42. The number of amides is 1. The van der Waals surface area contributed by atoms with E-state index in [2.05, 4.69) is 15.3 Å². The van der Waals surface area contributed by atoms with Gasteiger partial charge in [-0.05, 0) is 17.7 Å². The van der Waals surface area contributed by atoms with Crippen LogP contribution in [0.1, 0.15) is 39.4 Å². The first-order valence-corrected chi connectivity index (χ1v) is 9.28. The average molecular weight is 404 g/mol. The first-order valence-electron chi connectivity index (χ1n) is 9.28. The summed E-state index contributed by atoms with van der Waals surface area (Å²) in [6, 6.07) is 13.1. The molecule has 1 aliphatic rings. The fourth-order valence-electron chi connectivity index (χ4n) is 3.79. The van der Waals surface area contributed by atoms with Gasteiger partial charge in [-0.3, -0.25) is 9.78 Å². The van der Waals surface area contributed by atoms with Gasteiger partial charge in [-0.15, -0.1) is 0 Å². The molecule has 0 fully saturated rings. The fourth-order valence-corrected chi connectivity index (χ4v) is 3.79. The number of benzene rings is 1. The van der Waals surface area contributed by atoms with Crippen molar-refractivity contribution in [3.63, 3.8) is 0 Å². The van der Waals surface area contributed by atoms with Crippen molar-refractivity contribution in [1.82, 2.24) is 9.97 Å². The van der Waals surface area contributed by atoms with E-state index in [4.69, 9.17) is 11.5 Å². The van der Waals surface area contributed by atoms with Gasteiger partial charge in [0.1, 0.15) is 12.2 Å². The maximum absolute atomic E-state index is 12.7. The number of carboxylic acids is 1. The average Bonchev–Trinajstić information content (AvgIpc) is 3.14. The van der Waals surface area contributed by atoms with E-state index in [1.165, 1.54) is 12.3 Å². The Balaban J connectivity index is 1.97. The lowest BCUT2D eigenvalue weighted by Crippen LogP contribution is -2.41. The minimum Gasteiger partial charge on any atom is -0.478 e. The van der Waals surface area contributed by atoms with Crippen LogP contribution in [0, 0.1) is 0 Å². The topological polar surface area (TPSA) is 147 Å². The van der Waals surface area contributed by atoms with E-state index in [1.54, 1.807) is 23.2 Å². The highest BCUT2D eigenvalue weighted by molar-refractivity contribution is 6.01. The highest BCUT2D eigenvalue weighted by Crippen LogP contribution is 2.47. The first-order chi connectivity index (χ1) is 14.5. The zero-order chi connectivity index (χ0) is 21.3. The van der Waals surface area contributed by atoms with Crippen molar-refractivity contribution in [2.24, 2.45) is 11.5 Å². The maximum Gasteiger partial charge on any atom is 0.338 e. The number of pyridine rings is 2. The number of aromatic nitrogens is 2. The number of hydrogen-bond acceptors (Lipinski definition) is 7. The van der Waals surface area contributed by atoms with Gasteiger partial charge in [0.05, 0.1) is 16.9 Å². The maximum atomic E-state index is 12.7. The van der Waals surface area contributed by atoms with Crippen LogP contribution in [-0.2, 0) is 11.3 Å². The summed E-state index contributed by atoms with van der Waals surface area (Å²) in [5.41, 5.74) is 13.8. The number of primary amides is 1. The second-order valence-electron chi connectivity index (χ2n) is 6.77. The Labute approximate surface area is 172 Å². The zero-order valence-electron chi connectivity index (χ0n) is 15.9. The molecule has 6 N–H and O–H groups in total. The van der Waals surface area contributed by atoms with Crippen LogP contribution in [0.25, 0.3) is 0 Å². The Kier molecular flexibility index (Phi) is 5.03. The zero-order valence-corrected chi connectivity index (χ0v) is 15.9. The van der Waals surface area contributed by atoms with Crippen molar-refractivity contribution >= 4 is 23.4 Å². The number of nitrogens with two attached hydrogens (primary N) is 2. The molecule has 152 valence electrons. The van der Waals surface area contributed by atoms with Crippen molar-refractivity contribution < 1.29 is 14.7 Å². The molecule has 9 nitrogen and oxygen atoms in total. The van der Waals surface area contributed by atoms with Crippen LogP contribution in [0.3, 0.4) is 0 Å². The van der Waals surface area contributed by atoms with Gasteiger partial charge < -0.3 is 26.8 Å². The van der Waals surface area contributed by atoms with E-state index in [0.717, 1.165) is 5.56 Å². The number of carboxylic acid groups (broad SMARTS) is 1. The second-order valence-corrected chi connectivity index (χ2v) is 6.77. The lowest BCUT2D eigenvalue weighted by Gasteiger charge is -2.34. The molecule has 2 unspecified atom stereocenters. The molecule has 9 heteroatoms. The molecular weight excluding hydrogens is 384 g/mol. The number of carbonyl (C=O) groups is 2. The number of carbonyl (C=O) groups excluding carboxylic acids is 1. The second kappa shape index (κ2) is 7.80. The smallest absolute Gasteiger partial charge is 0.338 e. The van der Waals surface area contributed by atoms with Crippen molar-refractivity contribution in [3.05, 3.63) is 83.3 Å². The predicted molar refractivity (Wildman–Crippen MR) is 111 cm³/mol. The molecular formula is C21H20N6O3.